The van der Waals surface area contributed by atoms with Gasteiger partial charge in [-0.1, -0.05) is 84.9 Å². The van der Waals surface area contributed by atoms with E-state index in [1.807, 2.05) is 23.5 Å². The van der Waals surface area contributed by atoms with Gasteiger partial charge in [0, 0.05) is 47.5 Å². The minimum atomic E-state index is 0.990. The number of fused-ring (bicyclic) bond motifs is 6. The summed E-state index contributed by atoms with van der Waals surface area (Å²) in [5.74, 6) is 4.25. The number of thioether (sulfide) groups is 2. The molecule has 2 aliphatic rings. The van der Waals surface area contributed by atoms with Gasteiger partial charge in [-0.05, 0) is 45.5 Å². The molecule has 0 spiro atoms. The summed E-state index contributed by atoms with van der Waals surface area (Å²) < 4.78 is 0. The highest BCUT2D eigenvalue weighted by molar-refractivity contribution is 7.97. The molecule has 2 bridgehead atoms. The van der Waals surface area contributed by atoms with Crippen LogP contribution in [0.4, 0.5) is 11.4 Å². The van der Waals surface area contributed by atoms with Gasteiger partial charge in [-0.3, -0.25) is 0 Å². The number of nitrogens with zero attached hydrogens (tertiary/aromatic N) is 2. The SMILES string of the molecule is c1ccc(CSCc2ccc3c(c2)CN2CN3Cc3cc(CSCc4ccccc4)ccc32)cc1. The smallest absolute Gasteiger partial charge is 0.0910 e. The first-order valence-electron chi connectivity index (χ1n) is 12.3. The molecule has 2 aliphatic heterocycles. The lowest BCUT2D eigenvalue weighted by Gasteiger charge is -2.45. The standard InChI is InChI=1S/C31H30N2S2/c1-3-7-24(8-4-1)19-34-21-26-11-13-30-28(15-26)17-32-23-33(30)18-29-16-27(12-14-31(29)32)22-35-20-25-9-5-2-6-10-25/h1-16H,17-23H2. The second kappa shape index (κ2) is 10.4. The Kier molecular flexibility index (Phi) is 6.74. The number of hydrogen-bond donors (Lipinski definition) is 0. The van der Waals surface area contributed by atoms with E-state index in [4.69, 9.17) is 0 Å². The van der Waals surface area contributed by atoms with Crippen LogP contribution in [0.25, 0.3) is 0 Å². The zero-order valence-corrected chi connectivity index (χ0v) is 21.5. The fourth-order valence-corrected chi connectivity index (χ4v) is 6.98. The third-order valence-corrected chi connectivity index (χ3v) is 8.94. The summed E-state index contributed by atoms with van der Waals surface area (Å²) in [5.41, 5.74) is 11.4. The molecule has 0 saturated heterocycles. The first kappa shape index (κ1) is 22.6. The van der Waals surface area contributed by atoms with Crippen molar-refractivity contribution in [2.24, 2.45) is 0 Å². The first-order chi connectivity index (χ1) is 17.3. The Hall–Kier alpha value is -2.82. The second-order valence-electron chi connectivity index (χ2n) is 9.42. The van der Waals surface area contributed by atoms with Crippen molar-refractivity contribution in [3.8, 4) is 0 Å². The third kappa shape index (κ3) is 5.24. The molecule has 2 nitrogen and oxygen atoms in total. The van der Waals surface area contributed by atoms with Crippen molar-refractivity contribution in [3.05, 3.63) is 130 Å². The van der Waals surface area contributed by atoms with Crippen molar-refractivity contribution < 1.29 is 0 Å². The van der Waals surface area contributed by atoms with Gasteiger partial charge in [0.2, 0.25) is 0 Å². The van der Waals surface area contributed by atoms with Gasteiger partial charge in [0.25, 0.3) is 0 Å². The van der Waals surface area contributed by atoms with Gasteiger partial charge in [-0.25, -0.2) is 0 Å². The maximum Gasteiger partial charge on any atom is 0.0910 e. The number of anilines is 2. The molecule has 4 heteroatoms. The lowest BCUT2D eigenvalue weighted by molar-refractivity contribution is 0.650. The van der Waals surface area contributed by atoms with Crippen LogP contribution in [0.5, 0.6) is 0 Å². The molecular formula is C31H30N2S2. The van der Waals surface area contributed by atoms with Crippen molar-refractivity contribution in [1.29, 1.82) is 0 Å². The Morgan fingerprint density at radius 1 is 0.486 bits per heavy atom. The third-order valence-electron chi connectivity index (χ3n) is 6.79. The predicted molar refractivity (Wildman–Crippen MR) is 153 cm³/mol. The highest BCUT2D eigenvalue weighted by Crippen LogP contribution is 2.39. The molecule has 6 rings (SSSR count). The highest BCUT2D eigenvalue weighted by Gasteiger charge is 2.29. The molecule has 2 heterocycles. The van der Waals surface area contributed by atoms with Crippen molar-refractivity contribution in [1.82, 2.24) is 0 Å². The van der Waals surface area contributed by atoms with E-state index in [-0.39, 0.29) is 0 Å². The van der Waals surface area contributed by atoms with Crippen LogP contribution in [-0.2, 0) is 36.1 Å². The van der Waals surface area contributed by atoms with Gasteiger partial charge in [-0.15, -0.1) is 0 Å². The van der Waals surface area contributed by atoms with Gasteiger partial charge in [0.1, 0.15) is 0 Å². The molecule has 0 fully saturated rings. The average molecular weight is 495 g/mol. The Balaban J connectivity index is 1.10. The van der Waals surface area contributed by atoms with E-state index in [9.17, 15) is 0 Å². The molecular weight excluding hydrogens is 464 g/mol. The summed E-state index contributed by atoms with van der Waals surface area (Å²) in [6, 6.07) is 35.8. The second-order valence-corrected chi connectivity index (χ2v) is 11.4. The summed E-state index contributed by atoms with van der Waals surface area (Å²) in [5, 5.41) is 0. The van der Waals surface area contributed by atoms with Crippen LogP contribution in [0, 0.1) is 0 Å². The van der Waals surface area contributed by atoms with E-state index in [1.54, 1.807) is 0 Å². The van der Waals surface area contributed by atoms with E-state index in [0.717, 1.165) is 42.8 Å². The summed E-state index contributed by atoms with van der Waals surface area (Å²) in [6.45, 7) is 2.99. The first-order valence-corrected chi connectivity index (χ1v) is 14.6. The summed E-state index contributed by atoms with van der Waals surface area (Å²) in [7, 11) is 0. The summed E-state index contributed by atoms with van der Waals surface area (Å²) in [4.78, 5) is 5.09. The molecule has 0 N–H and O–H groups in total. The minimum Gasteiger partial charge on any atom is -0.349 e. The molecule has 35 heavy (non-hydrogen) atoms. The molecule has 4 aromatic carbocycles. The Morgan fingerprint density at radius 2 is 0.914 bits per heavy atom. The van der Waals surface area contributed by atoms with Crippen molar-refractivity contribution in [3.63, 3.8) is 0 Å². The van der Waals surface area contributed by atoms with Crippen molar-refractivity contribution >= 4 is 34.9 Å². The fraction of sp³-hybridized carbons (Fsp3) is 0.226. The predicted octanol–water partition coefficient (Wildman–Crippen LogP) is 7.85. The van der Waals surface area contributed by atoms with E-state index >= 15 is 0 Å². The Bertz CT molecular complexity index is 1190. The molecule has 176 valence electrons. The Labute approximate surface area is 217 Å². The average Bonchev–Trinajstić information content (AvgIpc) is 2.90. The maximum absolute atomic E-state index is 2.54. The van der Waals surface area contributed by atoms with Crippen LogP contribution in [0.3, 0.4) is 0 Å². The quantitative estimate of drug-likeness (QED) is 0.246. The van der Waals surface area contributed by atoms with Crippen molar-refractivity contribution in [2.45, 2.75) is 36.1 Å². The van der Waals surface area contributed by atoms with E-state index in [2.05, 4.69) is 107 Å². The summed E-state index contributed by atoms with van der Waals surface area (Å²) in [6.07, 6.45) is 0. The van der Waals surface area contributed by atoms with Gasteiger partial charge in [-0.2, -0.15) is 23.5 Å². The Morgan fingerprint density at radius 3 is 1.37 bits per heavy atom. The molecule has 0 saturated carbocycles. The van der Waals surface area contributed by atoms with Crippen LogP contribution >= 0.6 is 23.5 Å². The topological polar surface area (TPSA) is 6.48 Å². The molecule has 4 aromatic rings. The lowest BCUT2D eigenvalue weighted by Crippen LogP contribution is -2.46. The maximum atomic E-state index is 2.54. The van der Waals surface area contributed by atoms with Gasteiger partial charge in [0.15, 0.2) is 0 Å². The van der Waals surface area contributed by atoms with E-state index < -0.39 is 0 Å². The van der Waals surface area contributed by atoms with Crippen LogP contribution < -0.4 is 9.80 Å². The largest absolute Gasteiger partial charge is 0.349 e. The molecule has 0 radical (unpaired) electrons. The molecule has 0 aliphatic carbocycles. The number of benzene rings is 4. The zero-order chi connectivity index (χ0) is 23.5. The molecule has 0 atom stereocenters. The summed E-state index contributed by atoms with van der Waals surface area (Å²) >= 11 is 3.99. The van der Waals surface area contributed by atoms with Crippen LogP contribution in [0.1, 0.15) is 33.4 Å². The van der Waals surface area contributed by atoms with Crippen LogP contribution in [0.2, 0.25) is 0 Å². The van der Waals surface area contributed by atoms with Crippen molar-refractivity contribution in [2.75, 3.05) is 16.5 Å². The monoisotopic (exact) mass is 494 g/mol. The van der Waals surface area contributed by atoms with E-state index in [0.29, 0.717) is 0 Å². The molecule has 0 amide bonds. The molecule has 0 aromatic heterocycles. The highest BCUT2D eigenvalue weighted by atomic mass is 32.2. The van der Waals surface area contributed by atoms with Crippen LogP contribution in [-0.4, -0.2) is 6.67 Å². The fourth-order valence-electron chi connectivity index (χ4n) is 5.09. The van der Waals surface area contributed by atoms with Gasteiger partial charge < -0.3 is 9.80 Å². The number of rotatable bonds is 8. The number of hydrogen-bond acceptors (Lipinski definition) is 4. The molecule has 0 unspecified atom stereocenters. The lowest BCUT2D eigenvalue weighted by atomic mass is 9.99. The normalized spacial score (nSPS) is 13.9. The zero-order valence-electron chi connectivity index (χ0n) is 19.9. The van der Waals surface area contributed by atoms with Gasteiger partial charge >= 0.3 is 0 Å². The minimum absolute atomic E-state index is 0.990. The van der Waals surface area contributed by atoms with Gasteiger partial charge in [0.05, 0.1) is 6.67 Å². The van der Waals surface area contributed by atoms with E-state index in [1.165, 1.54) is 44.8 Å². The van der Waals surface area contributed by atoms with Crippen LogP contribution in [0.15, 0.2) is 97.1 Å².